The maximum absolute atomic E-state index is 14.0. The minimum absolute atomic E-state index is 0.0219. The van der Waals surface area contributed by atoms with E-state index in [-0.39, 0.29) is 34.3 Å². The zero-order valence-electron chi connectivity index (χ0n) is 13.1. The maximum Gasteiger partial charge on any atom is 0.339 e. The summed E-state index contributed by atoms with van der Waals surface area (Å²) in [6.07, 6.45) is 2.33. The molecule has 1 aliphatic rings. The molecule has 2 N–H and O–H groups in total. The summed E-state index contributed by atoms with van der Waals surface area (Å²) < 4.78 is 19.1. The fourth-order valence-corrected chi connectivity index (χ4v) is 2.60. The Kier molecular flexibility index (Phi) is 5.96. The van der Waals surface area contributed by atoms with Gasteiger partial charge in [0.2, 0.25) is 5.91 Å². The van der Waals surface area contributed by atoms with Crippen molar-refractivity contribution in [3.8, 4) is 0 Å². The summed E-state index contributed by atoms with van der Waals surface area (Å²) in [4.78, 5) is 24.1. The molecule has 1 aromatic carbocycles. The van der Waals surface area contributed by atoms with Gasteiger partial charge in [0.15, 0.2) is 0 Å². The summed E-state index contributed by atoms with van der Waals surface area (Å²) in [7, 11) is 0. The molecule has 0 bridgehead atoms. The molecule has 5 nitrogen and oxygen atoms in total. The molecule has 0 spiro atoms. The van der Waals surface area contributed by atoms with Crippen LogP contribution in [-0.4, -0.2) is 30.6 Å². The van der Waals surface area contributed by atoms with E-state index in [9.17, 15) is 14.0 Å². The van der Waals surface area contributed by atoms with Gasteiger partial charge in [-0.15, -0.1) is 0 Å². The normalized spacial score (nSPS) is 17.9. The summed E-state index contributed by atoms with van der Waals surface area (Å²) in [6, 6.07) is 1.86. The third-order valence-corrected chi connectivity index (χ3v) is 3.82. The lowest BCUT2D eigenvalue weighted by Crippen LogP contribution is -2.43. The van der Waals surface area contributed by atoms with E-state index in [2.05, 4.69) is 10.6 Å². The number of esters is 1. The van der Waals surface area contributed by atoms with Gasteiger partial charge in [0, 0.05) is 0 Å². The minimum atomic E-state index is -0.694. The average Bonchev–Trinajstić information content (AvgIpc) is 2.50. The zero-order valence-corrected chi connectivity index (χ0v) is 13.9. The molecule has 126 valence electrons. The van der Waals surface area contributed by atoms with Crippen molar-refractivity contribution in [1.29, 1.82) is 0 Å². The molecule has 7 heteroatoms. The van der Waals surface area contributed by atoms with Gasteiger partial charge in [0.1, 0.15) is 5.82 Å². The molecular formula is C16H20ClFN2O3. The number of hydrogen-bond donors (Lipinski definition) is 2. The van der Waals surface area contributed by atoms with Crippen molar-refractivity contribution in [2.75, 3.05) is 11.9 Å². The molecule has 0 aliphatic carbocycles. The predicted molar refractivity (Wildman–Crippen MR) is 86.2 cm³/mol. The van der Waals surface area contributed by atoms with E-state index in [0.29, 0.717) is 6.42 Å². The van der Waals surface area contributed by atoms with Gasteiger partial charge in [-0.3, -0.25) is 4.79 Å². The monoisotopic (exact) mass is 342 g/mol. The number of ether oxygens (including phenoxy) is 1. The van der Waals surface area contributed by atoms with Crippen LogP contribution >= 0.6 is 11.6 Å². The zero-order chi connectivity index (χ0) is 17.0. The van der Waals surface area contributed by atoms with Crippen molar-refractivity contribution in [3.63, 3.8) is 0 Å². The molecule has 1 amide bonds. The van der Waals surface area contributed by atoms with Crippen LogP contribution in [0, 0.1) is 5.82 Å². The van der Waals surface area contributed by atoms with Gasteiger partial charge in [0.25, 0.3) is 0 Å². The minimum Gasteiger partial charge on any atom is -0.459 e. The van der Waals surface area contributed by atoms with Crippen LogP contribution in [0.3, 0.4) is 0 Å². The highest BCUT2D eigenvalue weighted by Crippen LogP contribution is 2.26. The number of benzene rings is 1. The number of amides is 1. The van der Waals surface area contributed by atoms with Gasteiger partial charge in [-0.25, -0.2) is 9.18 Å². The Morgan fingerprint density at radius 1 is 1.39 bits per heavy atom. The second-order valence-corrected chi connectivity index (χ2v) is 6.16. The van der Waals surface area contributed by atoms with Gasteiger partial charge >= 0.3 is 5.97 Å². The summed E-state index contributed by atoms with van der Waals surface area (Å²) in [5, 5.41) is 5.54. The highest BCUT2D eigenvalue weighted by atomic mass is 35.5. The van der Waals surface area contributed by atoms with Crippen LogP contribution in [0.2, 0.25) is 5.02 Å². The highest BCUT2D eigenvalue weighted by Gasteiger charge is 2.23. The van der Waals surface area contributed by atoms with E-state index in [1.54, 1.807) is 13.8 Å². The quantitative estimate of drug-likeness (QED) is 0.825. The number of anilines is 1. The van der Waals surface area contributed by atoms with Crippen LogP contribution in [0.25, 0.3) is 0 Å². The molecule has 1 saturated heterocycles. The smallest absolute Gasteiger partial charge is 0.339 e. The Hall–Kier alpha value is -1.66. The first-order chi connectivity index (χ1) is 10.9. The second-order valence-electron chi connectivity index (χ2n) is 5.76. The standard InChI is InChI=1S/C16H20ClFN2O3/c1-9(2)23-16(22)10-7-14(12(18)8-11(10)17)20-15(21)13-5-3-4-6-19-13/h7-9,13,19H,3-6H2,1-2H3,(H,20,21). The van der Waals surface area contributed by atoms with E-state index < -0.39 is 11.8 Å². The van der Waals surface area contributed by atoms with Crippen molar-refractivity contribution < 1.29 is 18.7 Å². The molecule has 1 heterocycles. The SMILES string of the molecule is CC(C)OC(=O)c1cc(NC(=O)C2CCCCN2)c(F)cc1Cl. The van der Waals surface area contributed by atoms with E-state index in [1.165, 1.54) is 6.07 Å². The van der Waals surface area contributed by atoms with E-state index >= 15 is 0 Å². The van der Waals surface area contributed by atoms with E-state index in [0.717, 1.165) is 25.5 Å². The highest BCUT2D eigenvalue weighted by molar-refractivity contribution is 6.33. The van der Waals surface area contributed by atoms with Crippen LogP contribution in [0.4, 0.5) is 10.1 Å². The molecule has 2 rings (SSSR count). The molecule has 1 unspecified atom stereocenters. The van der Waals surface area contributed by atoms with Crippen molar-refractivity contribution in [2.24, 2.45) is 0 Å². The fourth-order valence-electron chi connectivity index (χ4n) is 2.37. The Morgan fingerprint density at radius 3 is 2.74 bits per heavy atom. The van der Waals surface area contributed by atoms with Gasteiger partial charge in [-0.05, 0) is 45.4 Å². The first-order valence-corrected chi connectivity index (χ1v) is 8.00. The van der Waals surface area contributed by atoms with Gasteiger partial charge in [0.05, 0.1) is 28.4 Å². The number of carbonyl (C=O) groups excluding carboxylic acids is 2. The number of nitrogens with one attached hydrogen (secondary N) is 2. The lowest BCUT2D eigenvalue weighted by Gasteiger charge is -2.22. The van der Waals surface area contributed by atoms with Gasteiger partial charge in [-0.1, -0.05) is 18.0 Å². The lowest BCUT2D eigenvalue weighted by atomic mass is 10.0. The molecule has 1 aliphatic heterocycles. The number of rotatable bonds is 4. The molecule has 1 atom stereocenters. The van der Waals surface area contributed by atoms with Gasteiger partial charge in [-0.2, -0.15) is 0 Å². The van der Waals surface area contributed by atoms with Crippen LogP contribution in [0.1, 0.15) is 43.5 Å². The third kappa shape index (κ3) is 4.65. The van der Waals surface area contributed by atoms with E-state index in [4.69, 9.17) is 16.3 Å². The summed E-state index contributed by atoms with van der Waals surface area (Å²) in [5.74, 6) is -1.68. The van der Waals surface area contributed by atoms with Crippen LogP contribution in [-0.2, 0) is 9.53 Å². The third-order valence-electron chi connectivity index (χ3n) is 3.50. The number of piperidine rings is 1. The van der Waals surface area contributed by atoms with Crippen molar-refractivity contribution in [1.82, 2.24) is 5.32 Å². The molecule has 1 fully saturated rings. The average molecular weight is 343 g/mol. The van der Waals surface area contributed by atoms with Crippen molar-refractivity contribution >= 4 is 29.2 Å². The number of hydrogen-bond acceptors (Lipinski definition) is 4. The molecule has 23 heavy (non-hydrogen) atoms. The molecule has 0 saturated carbocycles. The Balaban J connectivity index is 2.17. The predicted octanol–water partition coefficient (Wildman–Crippen LogP) is 3.12. The maximum atomic E-state index is 14.0. The molecule has 1 aromatic rings. The second kappa shape index (κ2) is 7.75. The van der Waals surface area contributed by atoms with Crippen molar-refractivity contribution in [3.05, 3.63) is 28.5 Å². The first-order valence-electron chi connectivity index (χ1n) is 7.62. The van der Waals surface area contributed by atoms with Crippen molar-refractivity contribution in [2.45, 2.75) is 45.3 Å². The topological polar surface area (TPSA) is 67.4 Å². The molecular weight excluding hydrogens is 323 g/mol. The Morgan fingerprint density at radius 2 is 2.13 bits per heavy atom. The molecule has 0 aromatic heterocycles. The summed E-state index contributed by atoms with van der Waals surface area (Å²) in [6.45, 7) is 4.16. The fraction of sp³-hybridized carbons (Fsp3) is 0.500. The number of carbonyl (C=O) groups is 2. The van der Waals surface area contributed by atoms with E-state index in [1.807, 2.05) is 0 Å². The largest absolute Gasteiger partial charge is 0.459 e. The first kappa shape index (κ1) is 17.7. The lowest BCUT2D eigenvalue weighted by molar-refractivity contribution is -0.118. The summed E-state index contributed by atoms with van der Waals surface area (Å²) in [5.41, 5.74) is -0.0591. The molecule has 0 radical (unpaired) electrons. The Bertz CT molecular complexity index is 601. The van der Waals surface area contributed by atoms with Crippen LogP contribution < -0.4 is 10.6 Å². The van der Waals surface area contributed by atoms with Crippen LogP contribution in [0.15, 0.2) is 12.1 Å². The Labute approximate surface area is 139 Å². The van der Waals surface area contributed by atoms with Crippen LogP contribution in [0.5, 0.6) is 0 Å². The summed E-state index contributed by atoms with van der Waals surface area (Å²) >= 11 is 5.90. The number of halogens is 2. The van der Waals surface area contributed by atoms with Gasteiger partial charge < -0.3 is 15.4 Å².